The van der Waals surface area contributed by atoms with Gasteiger partial charge in [0.05, 0.1) is 0 Å². The SMILES string of the molecule is O=C(NCc1ccc(Br)cc1)C1CC(c2ccc(Br)cc2)NN1. The highest BCUT2D eigenvalue weighted by atomic mass is 79.9. The number of hydrogen-bond donors (Lipinski definition) is 3. The van der Waals surface area contributed by atoms with Crippen LogP contribution in [0.5, 0.6) is 0 Å². The fraction of sp³-hybridized carbons (Fsp3) is 0.235. The average molecular weight is 439 g/mol. The molecule has 0 radical (unpaired) electrons. The Bertz CT molecular complexity index is 673. The number of halogens is 2. The van der Waals surface area contributed by atoms with Gasteiger partial charge in [-0.1, -0.05) is 56.1 Å². The van der Waals surface area contributed by atoms with Gasteiger partial charge in [0.1, 0.15) is 6.04 Å². The average Bonchev–Trinajstić information content (AvgIpc) is 3.05. The first kappa shape index (κ1) is 16.6. The molecule has 2 atom stereocenters. The molecule has 1 saturated heterocycles. The van der Waals surface area contributed by atoms with Crippen molar-refractivity contribution in [3.63, 3.8) is 0 Å². The second kappa shape index (κ2) is 7.57. The number of hydrogen-bond acceptors (Lipinski definition) is 3. The minimum Gasteiger partial charge on any atom is -0.351 e. The Hall–Kier alpha value is -1.21. The number of nitrogens with one attached hydrogen (secondary N) is 3. The monoisotopic (exact) mass is 437 g/mol. The van der Waals surface area contributed by atoms with E-state index in [9.17, 15) is 4.79 Å². The molecule has 4 nitrogen and oxygen atoms in total. The number of carbonyl (C=O) groups is 1. The molecule has 1 heterocycles. The van der Waals surface area contributed by atoms with Crippen LogP contribution < -0.4 is 16.2 Å². The topological polar surface area (TPSA) is 53.2 Å². The smallest absolute Gasteiger partial charge is 0.238 e. The molecule has 1 aliphatic rings. The standard InChI is InChI=1S/C17H17Br2N3O/c18-13-5-1-11(2-6-13)10-20-17(23)16-9-15(21-22-16)12-3-7-14(19)8-4-12/h1-8,15-16,21-22H,9-10H2,(H,20,23). The molecule has 0 spiro atoms. The normalized spacial score (nSPS) is 20.4. The second-order valence-corrected chi connectivity index (χ2v) is 7.36. The van der Waals surface area contributed by atoms with Crippen LogP contribution in [0.4, 0.5) is 0 Å². The van der Waals surface area contributed by atoms with Crippen LogP contribution in [0, 0.1) is 0 Å². The van der Waals surface area contributed by atoms with Crippen LogP contribution in [0.3, 0.4) is 0 Å². The molecule has 0 aromatic heterocycles. The van der Waals surface area contributed by atoms with E-state index in [0.29, 0.717) is 6.54 Å². The third-order valence-electron chi connectivity index (χ3n) is 3.87. The first-order valence-corrected chi connectivity index (χ1v) is 8.99. The first-order valence-electron chi connectivity index (χ1n) is 7.40. The molecule has 0 bridgehead atoms. The summed E-state index contributed by atoms with van der Waals surface area (Å²) in [6.45, 7) is 0.535. The van der Waals surface area contributed by atoms with Crippen LogP contribution in [0.2, 0.25) is 0 Å². The highest BCUT2D eigenvalue weighted by molar-refractivity contribution is 9.10. The van der Waals surface area contributed by atoms with Gasteiger partial charge in [-0.05, 0) is 41.8 Å². The lowest BCUT2D eigenvalue weighted by Gasteiger charge is -2.11. The van der Waals surface area contributed by atoms with Crippen LogP contribution >= 0.6 is 31.9 Å². The summed E-state index contributed by atoms with van der Waals surface area (Å²) in [5.41, 5.74) is 8.53. The molecule has 120 valence electrons. The maximum absolute atomic E-state index is 12.3. The molecule has 3 rings (SSSR count). The zero-order valence-electron chi connectivity index (χ0n) is 12.4. The van der Waals surface area contributed by atoms with Crippen LogP contribution in [0.25, 0.3) is 0 Å². The van der Waals surface area contributed by atoms with Crippen molar-refractivity contribution in [2.24, 2.45) is 0 Å². The number of hydrazine groups is 1. The summed E-state index contributed by atoms with van der Waals surface area (Å²) in [4.78, 5) is 12.3. The van der Waals surface area contributed by atoms with Gasteiger partial charge in [0.25, 0.3) is 0 Å². The fourth-order valence-corrected chi connectivity index (χ4v) is 3.09. The van der Waals surface area contributed by atoms with Crippen molar-refractivity contribution in [3.8, 4) is 0 Å². The Kier molecular flexibility index (Phi) is 5.48. The van der Waals surface area contributed by atoms with E-state index in [1.807, 2.05) is 36.4 Å². The molecule has 1 fully saturated rings. The van der Waals surface area contributed by atoms with Gasteiger partial charge in [-0.2, -0.15) is 0 Å². The van der Waals surface area contributed by atoms with Crippen LogP contribution in [0.15, 0.2) is 57.5 Å². The predicted molar refractivity (Wildman–Crippen MR) is 97.5 cm³/mol. The van der Waals surface area contributed by atoms with E-state index in [1.165, 1.54) is 5.56 Å². The predicted octanol–water partition coefficient (Wildman–Crippen LogP) is 3.44. The second-order valence-electron chi connectivity index (χ2n) is 5.53. The molecule has 23 heavy (non-hydrogen) atoms. The summed E-state index contributed by atoms with van der Waals surface area (Å²) >= 11 is 6.84. The molecule has 0 saturated carbocycles. The zero-order valence-corrected chi connectivity index (χ0v) is 15.5. The molecule has 6 heteroatoms. The molecule has 2 aromatic rings. The van der Waals surface area contributed by atoms with Gasteiger partial charge in [0.2, 0.25) is 5.91 Å². The third kappa shape index (κ3) is 4.41. The molecule has 1 amide bonds. The molecule has 2 unspecified atom stereocenters. The quantitative estimate of drug-likeness (QED) is 0.685. The number of amides is 1. The largest absolute Gasteiger partial charge is 0.351 e. The van der Waals surface area contributed by atoms with Crippen molar-refractivity contribution in [1.29, 1.82) is 0 Å². The molecule has 3 N–H and O–H groups in total. The minimum absolute atomic E-state index is 0.0139. The van der Waals surface area contributed by atoms with Crippen molar-refractivity contribution in [2.45, 2.75) is 25.0 Å². The number of rotatable bonds is 4. The van der Waals surface area contributed by atoms with E-state index in [4.69, 9.17) is 0 Å². The van der Waals surface area contributed by atoms with Gasteiger partial charge >= 0.3 is 0 Å². The Morgan fingerprint density at radius 1 is 1.00 bits per heavy atom. The van der Waals surface area contributed by atoms with Crippen LogP contribution in [-0.2, 0) is 11.3 Å². The molecule has 1 aliphatic heterocycles. The third-order valence-corrected chi connectivity index (χ3v) is 4.93. The highest BCUT2D eigenvalue weighted by Gasteiger charge is 2.29. The van der Waals surface area contributed by atoms with Gasteiger partial charge < -0.3 is 5.32 Å². The summed E-state index contributed by atoms with van der Waals surface area (Å²) in [7, 11) is 0. The molecular weight excluding hydrogens is 422 g/mol. The van der Waals surface area contributed by atoms with E-state index < -0.39 is 0 Å². The van der Waals surface area contributed by atoms with Gasteiger partial charge in [-0.15, -0.1) is 0 Å². The van der Waals surface area contributed by atoms with E-state index in [2.05, 4.69) is 60.2 Å². The first-order chi connectivity index (χ1) is 11.1. The maximum atomic E-state index is 12.3. The van der Waals surface area contributed by atoms with Gasteiger partial charge in [-0.3, -0.25) is 4.79 Å². The Morgan fingerprint density at radius 2 is 1.61 bits per heavy atom. The lowest BCUT2D eigenvalue weighted by Crippen LogP contribution is -2.42. The summed E-state index contributed by atoms with van der Waals surface area (Å²) < 4.78 is 2.09. The molecule has 2 aromatic carbocycles. The van der Waals surface area contributed by atoms with E-state index in [1.54, 1.807) is 0 Å². The maximum Gasteiger partial charge on any atom is 0.238 e. The highest BCUT2D eigenvalue weighted by Crippen LogP contribution is 2.23. The van der Waals surface area contributed by atoms with Crippen LogP contribution in [0.1, 0.15) is 23.6 Å². The Morgan fingerprint density at radius 3 is 2.26 bits per heavy atom. The van der Waals surface area contributed by atoms with Crippen molar-refractivity contribution in [2.75, 3.05) is 0 Å². The van der Waals surface area contributed by atoms with E-state index >= 15 is 0 Å². The summed E-state index contributed by atoms with van der Waals surface area (Å²) in [5.74, 6) is 0.0139. The number of carbonyl (C=O) groups excluding carboxylic acids is 1. The van der Waals surface area contributed by atoms with Crippen molar-refractivity contribution >= 4 is 37.8 Å². The van der Waals surface area contributed by atoms with E-state index in [0.717, 1.165) is 20.9 Å². The molecule has 0 aliphatic carbocycles. The fourth-order valence-electron chi connectivity index (χ4n) is 2.56. The van der Waals surface area contributed by atoms with Crippen molar-refractivity contribution < 1.29 is 4.79 Å². The number of benzene rings is 2. The Labute approximate surface area is 152 Å². The zero-order chi connectivity index (χ0) is 16.2. The van der Waals surface area contributed by atoms with Crippen LogP contribution in [-0.4, -0.2) is 11.9 Å². The summed E-state index contributed by atoms with van der Waals surface area (Å²) in [6, 6.07) is 16.0. The Balaban J connectivity index is 1.53. The summed E-state index contributed by atoms with van der Waals surface area (Å²) in [6.07, 6.45) is 0.730. The minimum atomic E-state index is -0.223. The van der Waals surface area contributed by atoms with Crippen molar-refractivity contribution in [3.05, 3.63) is 68.6 Å². The van der Waals surface area contributed by atoms with Gasteiger partial charge in [0.15, 0.2) is 0 Å². The summed E-state index contributed by atoms with van der Waals surface area (Å²) in [5, 5.41) is 2.98. The van der Waals surface area contributed by atoms with Gasteiger partial charge in [-0.25, -0.2) is 10.9 Å². The molecular formula is C17H17Br2N3O. The van der Waals surface area contributed by atoms with Gasteiger partial charge in [0, 0.05) is 21.5 Å². The lowest BCUT2D eigenvalue weighted by atomic mass is 10.0. The lowest BCUT2D eigenvalue weighted by molar-refractivity contribution is -0.123. The van der Waals surface area contributed by atoms with Crippen molar-refractivity contribution in [1.82, 2.24) is 16.2 Å². The van der Waals surface area contributed by atoms with E-state index in [-0.39, 0.29) is 18.0 Å².